The zero-order valence-corrected chi connectivity index (χ0v) is 16.1. The second-order valence-electron chi connectivity index (χ2n) is 7.04. The van der Waals surface area contributed by atoms with Gasteiger partial charge in [-0.3, -0.25) is 9.59 Å². The van der Waals surface area contributed by atoms with Gasteiger partial charge in [0.15, 0.2) is 0 Å². The highest BCUT2D eigenvalue weighted by Gasteiger charge is 2.19. The Morgan fingerprint density at radius 2 is 1.12 bits per heavy atom. The number of hydrogen-bond acceptors (Lipinski definition) is 3. The van der Waals surface area contributed by atoms with Crippen LogP contribution in [0.25, 0.3) is 0 Å². The van der Waals surface area contributed by atoms with Crippen molar-refractivity contribution >= 4 is 11.9 Å². The third-order valence-electron chi connectivity index (χ3n) is 4.60. The lowest BCUT2D eigenvalue weighted by atomic mass is 10.0. The molecular weight excluding hydrogens is 318 g/mol. The summed E-state index contributed by atoms with van der Waals surface area (Å²) in [4.78, 5) is 21.5. The number of unbranched alkanes of at least 4 members (excludes halogenated alkanes) is 13. The maximum absolute atomic E-state index is 10.9. The van der Waals surface area contributed by atoms with Gasteiger partial charge in [-0.2, -0.15) is 0 Å². The predicted molar refractivity (Wildman–Crippen MR) is 102 cm³/mol. The molecule has 0 unspecified atom stereocenters. The largest absolute Gasteiger partial charge is 0.481 e. The SMILES string of the molecule is CCCCCCCCCCCCCCCCN[C@H](CC(=O)O)C(=O)O. The Morgan fingerprint density at radius 1 is 0.720 bits per heavy atom. The van der Waals surface area contributed by atoms with Gasteiger partial charge in [-0.1, -0.05) is 90.4 Å². The van der Waals surface area contributed by atoms with Crippen molar-refractivity contribution in [2.75, 3.05) is 6.54 Å². The van der Waals surface area contributed by atoms with Crippen LogP contribution in [0.4, 0.5) is 0 Å². The van der Waals surface area contributed by atoms with E-state index < -0.39 is 18.0 Å². The average molecular weight is 358 g/mol. The summed E-state index contributed by atoms with van der Waals surface area (Å²) in [6.45, 7) is 2.82. The second kappa shape index (κ2) is 17.7. The van der Waals surface area contributed by atoms with E-state index in [1.54, 1.807) is 0 Å². The Bertz CT molecular complexity index is 334. The summed E-state index contributed by atoms with van der Waals surface area (Å²) < 4.78 is 0. The van der Waals surface area contributed by atoms with E-state index in [4.69, 9.17) is 10.2 Å². The molecule has 0 aromatic rings. The molecule has 0 aromatic heterocycles. The predicted octanol–water partition coefficient (Wildman–Crippen LogP) is 4.99. The first-order valence-electron chi connectivity index (χ1n) is 10.3. The molecule has 0 saturated heterocycles. The van der Waals surface area contributed by atoms with Gasteiger partial charge >= 0.3 is 11.9 Å². The first kappa shape index (κ1) is 23.9. The van der Waals surface area contributed by atoms with Crippen LogP contribution >= 0.6 is 0 Å². The minimum Gasteiger partial charge on any atom is -0.481 e. The fourth-order valence-electron chi connectivity index (χ4n) is 3.02. The zero-order valence-electron chi connectivity index (χ0n) is 16.1. The number of rotatable bonds is 19. The fraction of sp³-hybridized carbons (Fsp3) is 0.900. The quantitative estimate of drug-likeness (QED) is 0.284. The molecule has 5 heteroatoms. The third-order valence-corrected chi connectivity index (χ3v) is 4.60. The molecule has 0 aliphatic carbocycles. The third kappa shape index (κ3) is 17.5. The number of aliphatic carboxylic acids is 2. The zero-order chi connectivity index (χ0) is 18.8. The molecule has 0 radical (unpaired) electrons. The summed E-state index contributed by atoms with van der Waals surface area (Å²) in [5.41, 5.74) is 0. The summed E-state index contributed by atoms with van der Waals surface area (Å²) >= 11 is 0. The maximum atomic E-state index is 10.9. The molecule has 0 spiro atoms. The summed E-state index contributed by atoms with van der Waals surface area (Å²) in [7, 11) is 0. The van der Waals surface area contributed by atoms with Crippen LogP contribution in [0.3, 0.4) is 0 Å². The van der Waals surface area contributed by atoms with Crippen molar-refractivity contribution in [2.45, 2.75) is 109 Å². The van der Waals surface area contributed by atoms with Gasteiger partial charge in [-0.15, -0.1) is 0 Å². The minimum atomic E-state index is -1.09. The average Bonchev–Trinajstić information content (AvgIpc) is 2.56. The fourth-order valence-corrected chi connectivity index (χ4v) is 3.02. The van der Waals surface area contributed by atoms with Crippen molar-refractivity contribution in [3.63, 3.8) is 0 Å². The molecule has 0 amide bonds. The smallest absolute Gasteiger partial charge is 0.321 e. The molecule has 0 saturated carbocycles. The highest BCUT2D eigenvalue weighted by molar-refractivity contribution is 5.80. The Morgan fingerprint density at radius 3 is 1.48 bits per heavy atom. The lowest BCUT2D eigenvalue weighted by Gasteiger charge is -2.11. The molecule has 0 rings (SSSR count). The van der Waals surface area contributed by atoms with E-state index in [-0.39, 0.29) is 6.42 Å². The van der Waals surface area contributed by atoms with E-state index in [0.29, 0.717) is 6.54 Å². The molecular formula is C20H39NO4. The van der Waals surface area contributed by atoms with Crippen LogP contribution in [0.1, 0.15) is 103 Å². The Labute approximate surface area is 153 Å². The number of carboxylic acid groups (broad SMARTS) is 2. The number of carboxylic acids is 2. The standard InChI is InChI=1S/C20H39NO4/c1-2-3-4-5-6-7-8-9-10-11-12-13-14-15-16-21-18(20(24)25)17-19(22)23/h18,21H,2-17H2,1H3,(H,22,23)(H,24,25)/t18-/m1/s1. The van der Waals surface area contributed by atoms with E-state index in [0.717, 1.165) is 12.8 Å². The highest BCUT2D eigenvalue weighted by Crippen LogP contribution is 2.12. The summed E-state index contributed by atoms with van der Waals surface area (Å²) in [5, 5.41) is 20.4. The van der Waals surface area contributed by atoms with E-state index in [2.05, 4.69) is 12.2 Å². The van der Waals surface area contributed by atoms with Gasteiger partial charge in [0.2, 0.25) is 0 Å². The van der Waals surface area contributed by atoms with Crippen molar-refractivity contribution in [3.8, 4) is 0 Å². The minimum absolute atomic E-state index is 0.367. The molecule has 0 aromatic carbocycles. The van der Waals surface area contributed by atoms with Crippen LogP contribution in [-0.4, -0.2) is 34.7 Å². The Balaban J connectivity index is 3.28. The molecule has 0 aliphatic heterocycles. The van der Waals surface area contributed by atoms with Crippen LogP contribution in [0.2, 0.25) is 0 Å². The molecule has 1 atom stereocenters. The Hall–Kier alpha value is -1.10. The van der Waals surface area contributed by atoms with Crippen molar-refractivity contribution in [1.82, 2.24) is 5.32 Å². The van der Waals surface area contributed by atoms with Crippen LogP contribution in [-0.2, 0) is 9.59 Å². The molecule has 5 nitrogen and oxygen atoms in total. The van der Waals surface area contributed by atoms with Gasteiger partial charge in [0.05, 0.1) is 6.42 Å². The summed E-state index contributed by atoms with van der Waals surface area (Å²) in [6.07, 6.45) is 17.6. The van der Waals surface area contributed by atoms with Crippen LogP contribution in [0.15, 0.2) is 0 Å². The molecule has 25 heavy (non-hydrogen) atoms. The molecule has 0 aliphatic rings. The van der Waals surface area contributed by atoms with E-state index in [1.807, 2.05) is 0 Å². The summed E-state index contributed by atoms with van der Waals surface area (Å²) in [5.74, 6) is -2.17. The van der Waals surface area contributed by atoms with Gasteiger partial charge in [-0.25, -0.2) is 0 Å². The van der Waals surface area contributed by atoms with Gasteiger partial charge < -0.3 is 15.5 Å². The van der Waals surface area contributed by atoms with Crippen LogP contribution in [0, 0.1) is 0 Å². The van der Waals surface area contributed by atoms with E-state index >= 15 is 0 Å². The molecule has 0 bridgehead atoms. The monoisotopic (exact) mass is 357 g/mol. The first-order chi connectivity index (χ1) is 12.1. The van der Waals surface area contributed by atoms with Gasteiger partial charge in [0.25, 0.3) is 0 Å². The number of carbonyl (C=O) groups is 2. The molecule has 3 N–H and O–H groups in total. The highest BCUT2D eigenvalue weighted by atomic mass is 16.4. The molecule has 0 heterocycles. The first-order valence-corrected chi connectivity index (χ1v) is 10.3. The summed E-state index contributed by atoms with van der Waals surface area (Å²) in [6, 6.07) is -0.973. The van der Waals surface area contributed by atoms with Crippen LogP contribution < -0.4 is 5.32 Å². The molecule has 148 valence electrons. The lowest BCUT2D eigenvalue weighted by molar-refractivity contribution is -0.145. The maximum Gasteiger partial charge on any atom is 0.321 e. The van der Waals surface area contributed by atoms with Gasteiger partial charge in [-0.05, 0) is 13.0 Å². The molecule has 0 fully saturated rings. The number of nitrogens with one attached hydrogen (secondary N) is 1. The van der Waals surface area contributed by atoms with Gasteiger partial charge in [0, 0.05) is 0 Å². The Kier molecular flexibility index (Phi) is 16.9. The van der Waals surface area contributed by atoms with Crippen LogP contribution in [0.5, 0.6) is 0 Å². The van der Waals surface area contributed by atoms with E-state index in [1.165, 1.54) is 77.0 Å². The van der Waals surface area contributed by atoms with Crippen molar-refractivity contribution < 1.29 is 19.8 Å². The topological polar surface area (TPSA) is 86.6 Å². The van der Waals surface area contributed by atoms with Crippen molar-refractivity contribution in [1.29, 1.82) is 0 Å². The second-order valence-corrected chi connectivity index (χ2v) is 7.04. The normalized spacial score (nSPS) is 12.2. The van der Waals surface area contributed by atoms with Crippen molar-refractivity contribution in [3.05, 3.63) is 0 Å². The van der Waals surface area contributed by atoms with E-state index in [9.17, 15) is 9.59 Å². The van der Waals surface area contributed by atoms with Crippen molar-refractivity contribution in [2.24, 2.45) is 0 Å². The number of hydrogen-bond donors (Lipinski definition) is 3. The van der Waals surface area contributed by atoms with Gasteiger partial charge in [0.1, 0.15) is 6.04 Å². The lowest BCUT2D eigenvalue weighted by Crippen LogP contribution is -2.39.